The maximum atomic E-state index is 9.55. The summed E-state index contributed by atoms with van der Waals surface area (Å²) in [6, 6.07) is -0.220. The van der Waals surface area contributed by atoms with Gasteiger partial charge in [-0.2, -0.15) is 0 Å². The van der Waals surface area contributed by atoms with Gasteiger partial charge in [-0.1, -0.05) is 27.7 Å². The molecular formula is C10H23NO2. The van der Waals surface area contributed by atoms with E-state index in [1.54, 1.807) is 0 Å². The second-order valence-electron chi connectivity index (χ2n) is 3.62. The highest BCUT2D eigenvalue weighted by atomic mass is 16.5. The number of hydrogen-bond acceptors (Lipinski definition) is 3. The van der Waals surface area contributed by atoms with Crippen molar-refractivity contribution in [2.24, 2.45) is 11.7 Å². The first-order chi connectivity index (χ1) is 6.04. The molecule has 4 unspecified atom stereocenters. The molecule has 0 aliphatic carbocycles. The average Bonchev–Trinajstić information content (AvgIpc) is 2.36. The zero-order valence-electron chi connectivity index (χ0n) is 9.32. The highest BCUT2D eigenvalue weighted by Gasteiger charge is 2.40. The van der Waals surface area contributed by atoms with Crippen LogP contribution in [0.4, 0.5) is 0 Å². The van der Waals surface area contributed by atoms with Gasteiger partial charge in [0, 0.05) is 0 Å². The highest BCUT2D eigenvalue weighted by Crippen LogP contribution is 2.24. The van der Waals surface area contributed by atoms with E-state index in [0.29, 0.717) is 5.92 Å². The summed E-state index contributed by atoms with van der Waals surface area (Å²) < 4.78 is 5.47. The topological polar surface area (TPSA) is 55.5 Å². The minimum absolute atomic E-state index is 0.0163. The molecule has 1 fully saturated rings. The van der Waals surface area contributed by atoms with Crippen LogP contribution in [0.2, 0.25) is 0 Å². The predicted molar refractivity (Wildman–Crippen MR) is 54.5 cm³/mol. The Morgan fingerprint density at radius 2 is 1.77 bits per heavy atom. The van der Waals surface area contributed by atoms with Crippen molar-refractivity contribution in [2.45, 2.75) is 59.0 Å². The third kappa shape index (κ3) is 2.93. The number of aliphatic hydroxyl groups excluding tert-OH is 1. The molecule has 3 nitrogen and oxygen atoms in total. The molecule has 1 heterocycles. The minimum atomic E-state index is -0.495. The number of aliphatic hydroxyl groups is 1. The van der Waals surface area contributed by atoms with Crippen LogP contribution in [0.1, 0.15) is 34.6 Å². The van der Waals surface area contributed by atoms with Crippen LogP contribution in [-0.4, -0.2) is 29.5 Å². The third-order valence-corrected chi connectivity index (χ3v) is 2.30. The van der Waals surface area contributed by atoms with Gasteiger partial charge in [0.15, 0.2) is 0 Å². The van der Waals surface area contributed by atoms with Gasteiger partial charge in [0.2, 0.25) is 0 Å². The largest absolute Gasteiger partial charge is 0.389 e. The summed E-state index contributed by atoms with van der Waals surface area (Å²) in [4.78, 5) is 0. The fraction of sp³-hybridized carbons (Fsp3) is 1.00. The Kier molecular flexibility index (Phi) is 5.53. The Balaban J connectivity index is 0.000000671. The second-order valence-corrected chi connectivity index (χ2v) is 3.62. The van der Waals surface area contributed by atoms with Crippen LogP contribution in [0.3, 0.4) is 0 Å². The van der Waals surface area contributed by atoms with E-state index in [0.717, 1.165) is 0 Å². The Morgan fingerprint density at radius 3 is 1.92 bits per heavy atom. The van der Waals surface area contributed by atoms with Crippen molar-refractivity contribution < 1.29 is 9.84 Å². The predicted octanol–water partition coefficient (Wildman–Crippen LogP) is 1.14. The summed E-state index contributed by atoms with van der Waals surface area (Å²) in [5.74, 6) is 0.334. The molecule has 80 valence electrons. The van der Waals surface area contributed by atoms with Crippen LogP contribution in [0.25, 0.3) is 0 Å². The fourth-order valence-corrected chi connectivity index (χ4v) is 1.47. The van der Waals surface area contributed by atoms with Crippen LogP contribution in [0.15, 0.2) is 0 Å². The summed E-state index contributed by atoms with van der Waals surface area (Å²) in [5.41, 5.74) is 5.67. The van der Waals surface area contributed by atoms with Crippen molar-refractivity contribution in [2.75, 3.05) is 0 Å². The molecule has 0 aromatic carbocycles. The summed E-state index contributed by atoms with van der Waals surface area (Å²) in [7, 11) is 0. The smallest absolute Gasteiger partial charge is 0.0980 e. The first-order valence-corrected chi connectivity index (χ1v) is 5.13. The van der Waals surface area contributed by atoms with Gasteiger partial charge in [-0.25, -0.2) is 0 Å². The minimum Gasteiger partial charge on any atom is -0.389 e. The molecule has 1 rings (SSSR count). The maximum Gasteiger partial charge on any atom is 0.0980 e. The molecule has 0 aromatic rings. The van der Waals surface area contributed by atoms with Crippen molar-refractivity contribution >= 4 is 0 Å². The fourth-order valence-electron chi connectivity index (χ4n) is 1.47. The normalized spacial score (nSPS) is 38.8. The maximum absolute atomic E-state index is 9.55. The van der Waals surface area contributed by atoms with E-state index in [2.05, 4.69) is 0 Å². The molecule has 13 heavy (non-hydrogen) atoms. The highest BCUT2D eigenvalue weighted by molar-refractivity contribution is 4.92. The lowest BCUT2D eigenvalue weighted by Crippen LogP contribution is -2.40. The van der Waals surface area contributed by atoms with Crippen molar-refractivity contribution in [1.29, 1.82) is 0 Å². The summed E-state index contributed by atoms with van der Waals surface area (Å²) in [6.45, 7) is 9.95. The van der Waals surface area contributed by atoms with Crippen LogP contribution < -0.4 is 5.73 Å². The van der Waals surface area contributed by atoms with Gasteiger partial charge in [0.25, 0.3) is 0 Å². The quantitative estimate of drug-likeness (QED) is 0.650. The summed E-state index contributed by atoms with van der Waals surface area (Å²) >= 11 is 0. The monoisotopic (exact) mass is 189 g/mol. The van der Waals surface area contributed by atoms with Crippen LogP contribution in [0, 0.1) is 5.92 Å². The van der Waals surface area contributed by atoms with Gasteiger partial charge in [-0.05, 0) is 12.8 Å². The van der Waals surface area contributed by atoms with Gasteiger partial charge in [-0.15, -0.1) is 0 Å². The van der Waals surface area contributed by atoms with E-state index in [1.165, 1.54) is 0 Å². The molecule has 0 aromatic heterocycles. The number of hydrogen-bond donors (Lipinski definition) is 2. The Morgan fingerprint density at radius 1 is 1.31 bits per heavy atom. The SMILES string of the molecule is CC.CC(C)C1OC(C)C(N)C1O. The van der Waals surface area contributed by atoms with Gasteiger partial charge in [-0.3, -0.25) is 0 Å². The molecule has 3 heteroatoms. The zero-order valence-corrected chi connectivity index (χ0v) is 9.32. The van der Waals surface area contributed by atoms with E-state index in [-0.39, 0.29) is 18.2 Å². The van der Waals surface area contributed by atoms with E-state index in [9.17, 15) is 5.11 Å². The van der Waals surface area contributed by atoms with Crippen LogP contribution in [-0.2, 0) is 4.74 Å². The number of nitrogens with two attached hydrogens (primary N) is 1. The molecule has 4 atom stereocenters. The molecule has 1 saturated heterocycles. The molecule has 0 radical (unpaired) electrons. The molecular weight excluding hydrogens is 166 g/mol. The van der Waals surface area contributed by atoms with E-state index >= 15 is 0 Å². The molecule has 3 N–H and O–H groups in total. The lowest BCUT2D eigenvalue weighted by atomic mass is 9.99. The van der Waals surface area contributed by atoms with Gasteiger partial charge < -0.3 is 15.6 Å². The van der Waals surface area contributed by atoms with E-state index in [1.807, 2.05) is 34.6 Å². The molecule has 1 aliphatic rings. The summed E-state index contributed by atoms with van der Waals surface area (Å²) in [6.07, 6.45) is -0.595. The average molecular weight is 189 g/mol. The van der Waals surface area contributed by atoms with Crippen molar-refractivity contribution in [3.05, 3.63) is 0 Å². The summed E-state index contributed by atoms with van der Waals surface area (Å²) in [5, 5.41) is 9.55. The van der Waals surface area contributed by atoms with Crippen LogP contribution >= 0.6 is 0 Å². The van der Waals surface area contributed by atoms with E-state index < -0.39 is 6.10 Å². The van der Waals surface area contributed by atoms with Crippen molar-refractivity contribution in [3.63, 3.8) is 0 Å². The van der Waals surface area contributed by atoms with Gasteiger partial charge in [0.1, 0.15) is 0 Å². The first-order valence-electron chi connectivity index (χ1n) is 5.13. The molecule has 0 amide bonds. The Labute approximate surface area is 81.3 Å². The van der Waals surface area contributed by atoms with Crippen molar-refractivity contribution in [3.8, 4) is 0 Å². The molecule has 0 saturated carbocycles. The third-order valence-electron chi connectivity index (χ3n) is 2.30. The number of rotatable bonds is 1. The van der Waals surface area contributed by atoms with Gasteiger partial charge in [0.05, 0.1) is 24.4 Å². The second kappa shape index (κ2) is 5.58. The first kappa shape index (κ1) is 12.9. The van der Waals surface area contributed by atoms with Crippen LogP contribution in [0.5, 0.6) is 0 Å². The Hall–Kier alpha value is -0.120. The number of ether oxygens (including phenoxy) is 1. The Bertz CT molecular complexity index is 139. The molecule has 1 aliphatic heterocycles. The standard InChI is InChI=1S/C8H17NO2.C2H6/c1-4(2)8-7(10)6(9)5(3)11-8;1-2/h4-8,10H,9H2,1-3H3;1-2H3. The zero-order chi connectivity index (χ0) is 10.6. The van der Waals surface area contributed by atoms with Crippen molar-refractivity contribution in [1.82, 2.24) is 0 Å². The lowest BCUT2D eigenvalue weighted by molar-refractivity contribution is -0.0114. The lowest BCUT2D eigenvalue weighted by Gasteiger charge is -2.18. The van der Waals surface area contributed by atoms with E-state index in [4.69, 9.17) is 10.5 Å². The molecule has 0 spiro atoms. The van der Waals surface area contributed by atoms with Gasteiger partial charge >= 0.3 is 0 Å². The molecule has 0 bridgehead atoms.